The molecule has 0 aliphatic heterocycles. The Morgan fingerprint density at radius 2 is 1.72 bits per heavy atom. The van der Waals surface area contributed by atoms with Crippen molar-refractivity contribution in [2.75, 3.05) is 21.3 Å². The summed E-state index contributed by atoms with van der Waals surface area (Å²) in [5.74, 6) is 1.35. The van der Waals surface area contributed by atoms with E-state index in [1.54, 1.807) is 6.92 Å². The van der Waals surface area contributed by atoms with Gasteiger partial charge in [-0.1, -0.05) is 5.92 Å². The van der Waals surface area contributed by atoms with Crippen molar-refractivity contribution in [1.29, 1.82) is 0 Å². The Morgan fingerprint density at radius 1 is 1.22 bits per heavy atom. The van der Waals surface area contributed by atoms with Gasteiger partial charge in [-0.3, -0.25) is 9.59 Å². The SMILES string of the molecule is C#C[C@]1(C)CC(C(=O)OC)(C(=O)OC)C[C@@H]1OC. The van der Waals surface area contributed by atoms with Crippen LogP contribution in [0.25, 0.3) is 0 Å². The topological polar surface area (TPSA) is 61.8 Å². The molecule has 0 unspecified atom stereocenters. The summed E-state index contributed by atoms with van der Waals surface area (Å²) in [6, 6.07) is 0. The molecule has 0 radical (unpaired) electrons. The van der Waals surface area contributed by atoms with Crippen molar-refractivity contribution < 1.29 is 23.8 Å². The van der Waals surface area contributed by atoms with Crippen LogP contribution in [-0.2, 0) is 23.8 Å². The molecule has 2 atom stereocenters. The lowest BCUT2D eigenvalue weighted by atomic mass is 9.80. The van der Waals surface area contributed by atoms with Crippen molar-refractivity contribution in [3.05, 3.63) is 0 Å². The number of terminal acetylenes is 1. The average Bonchev–Trinajstić information content (AvgIpc) is 2.72. The Labute approximate surface area is 107 Å². The predicted octanol–water partition coefficient (Wildman–Crippen LogP) is 0.767. The van der Waals surface area contributed by atoms with Crippen molar-refractivity contribution in [1.82, 2.24) is 0 Å². The molecule has 0 amide bonds. The van der Waals surface area contributed by atoms with Crippen LogP contribution in [0.15, 0.2) is 0 Å². The summed E-state index contributed by atoms with van der Waals surface area (Å²) in [6.07, 6.45) is 5.45. The summed E-state index contributed by atoms with van der Waals surface area (Å²) in [4.78, 5) is 23.9. The second-order valence-corrected chi connectivity index (χ2v) is 4.73. The Balaban J connectivity index is 3.22. The van der Waals surface area contributed by atoms with Gasteiger partial charge in [-0.05, 0) is 13.3 Å². The minimum absolute atomic E-state index is 0.161. The first kappa shape index (κ1) is 14.5. The van der Waals surface area contributed by atoms with Crippen LogP contribution in [0.2, 0.25) is 0 Å². The summed E-state index contributed by atoms with van der Waals surface area (Å²) in [7, 11) is 3.98. The van der Waals surface area contributed by atoms with E-state index in [1.807, 2.05) is 0 Å². The average molecular weight is 254 g/mol. The van der Waals surface area contributed by atoms with E-state index in [-0.39, 0.29) is 18.9 Å². The minimum Gasteiger partial charge on any atom is -0.468 e. The molecular weight excluding hydrogens is 236 g/mol. The first-order valence-electron chi connectivity index (χ1n) is 5.57. The number of hydrogen-bond acceptors (Lipinski definition) is 5. The third-order valence-corrected chi connectivity index (χ3v) is 3.68. The number of ether oxygens (including phenoxy) is 3. The van der Waals surface area contributed by atoms with Gasteiger partial charge < -0.3 is 14.2 Å². The molecule has 0 spiro atoms. The molecule has 0 aromatic heterocycles. The van der Waals surface area contributed by atoms with E-state index in [2.05, 4.69) is 5.92 Å². The molecule has 0 bridgehead atoms. The number of carbonyl (C=O) groups excluding carboxylic acids is 2. The standard InChI is InChI=1S/C13H18O5/c1-6-12(2)8-13(10(14)17-4,11(15)18-5)7-9(12)16-3/h1,9H,7-8H2,2-5H3/t9-,12+/m0/s1. The van der Waals surface area contributed by atoms with Gasteiger partial charge in [0.1, 0.15) is 0 Å². The van der Waals surface area contributed by atoms with Gasteiger partial charge in [-0.25, -0.2) is 0 Å². The van der Waals surface area contributed by atoms with Crippen LogP contribution in [0.5, 0.6) is 0 Å². The third-order valence-electron chi connectivity index (χ3n) is 3.68. The monoisotopic (exact) mass is 254 g/mol. The fraction of sp³-hybridized carbons (Fsp3) is 0.692. The maximum atomic E-state index is 12.0. The molecule has 18 heavy (non-hydrogen) atoms. The van der Waals surface area contributed by atoms with Gasteiger partial charge in [-0.2, -0.15) is 0 Å². The van der Waals surface area contributed by atoms with Gasteiger partial charge in [0.05, 0.1) is 25.7 Å². The first-order valence-corrected chi connectivity index (χ1v) is 5.57. The van der Waals surface area contributed by atoms with Crippen LogP contribution < -0.4 is 0 Å². The number of carbonyl (C=O) groups is 2. The fourth-order valence-corrected chi connectivity index (χ4v) is 2.63. The van der Waals surface area contributed by atoms with Gasteiger partial charge in [0.2, 0.25) is 0 Å². The van der Waals surface area contributed by atoms with Gasteiger partial charge in [-0.15, -0.1) is 6.42 Å². The molecule has 1 aliphatic carbocycles. The molecule has 1 fully saturated rings. The summed E-state index contributed by atoms with van der Waals surface area (Å²) in [6.45, 7) is 1.79. The zero-order chi connectivity index (χ0) is 14.0. The number of hydrogen-bond donors (Lipinski definition) is 0. The molecule has 1 saturated carbocycles. The minimum atomic E-state index is -1.37. The zero-order valence-electron chi connectivity index (χ0n) is 11.1. The summed E-state index contributed by atoms with van der Waals surface area (Å²) in [5.41, 5.74) is -2.07. The zero-order valence-corrected chi connectivity index (χ0v) is 11.1. The van der Waals surface area contributed by atoms with Crippen molar-refractivity contribution in [3.8, 4) is 12.3 Å². The molecule has 0 heterocycles. The molecule has 1 aliphatic rings. The van der Waals surface area contributed by atoms with Crippen LogP contribution in [-0.4, -0.2) is 39.4 Å². The Hall–Kier alpha value is -1.54. The van der Waals surface area contributed by atoms with E-state index < -0.39 is 22.8 Å². The molecule has 0 aromatic carbocycles. The second kappa shape index (κ2) is 4.99. The molecule has 0 saturated heterocycles. The molecule has 100 valence electrons. The second-order valence-electron chi connectivity index (χ2n) is 4.73. The van der Waals surface area contributed by atoms with Gasteiger partial charge >= 0.3 is 11.9 Å². The highest BCUT2D eigenvalue weighted by Gasteiger charge is 2.61. The van der Waals surface area contributed by atoms with Crippen molar-refractivity contribution in [3.63, 3.8) is 0 Å². The summed E-state index contributed by atoms with van der Waals surface area (Å²) in [5, 5.41) is 0. The van der Waals surface area contributed by atoms with Crippen LogP contribution in [0.3, 0.4) is 0 Å². The molecular formula is C13H18O5. The number of rotatable bonds is 3. The first-order chi connectivity index (χ1) is 8.40. The van der Waals surface area contributed by atoms with Gasteiger partial charge in [0.15, 0.2) is 5.41 Å². The van der Waals surface area contributed by atoms with Crippen LogP contribution >= 0.6 is 0 Å². The lowest BCUT2D eigenvalue weighted by molar-refractivity contribution is -0.169. The Bertz CT molecular complexity index is 379. The number of esters is 2. The molecule has 0 aromatic rings. The van der Waals surface area contributed by atoms with E-state index in [0.29, 0.717) is 0 Å². The van der Waals surface area contributed by atoms with E-state index in [0.717, 1.165) is 0 Å². The molecule has 1 rings (SSSR count). The Kier molecular flexibility index (Phi) is 4.02. The maximum absolute atomic E-state index is 12.0. The number of methoxy groups -OCH3 is 3. The Morgan fingerprint density at radius 3 is 2.00 bits per heavy atom. The fourth-order valence-electron chi connectivity index (χ4n) is 2.63. The highest BCUT2D eigenvalue weighted by Crippen LogP contribution is 2.51. The quantitative estimate of drug-likeness (QED) is 0.423. The lowest BCUT2D eigenvalue weighted by Gasteiger charge is -2.25. The smallest absolute Gasteiger partial charge is 0.323 e. The van der Waals surface area contributed by atoms with E-state index in [4.69, 9.17) is 20.6 Å². The van der Waals surface area contributed by atoms with E-state index >= 15 is 0 Å². The predicted molar refractivity (Wildman–Crippen MR) is 63.4 cm³/mol. The summed E-state index contributed by atoms with van der Waals surface area (Å²) < 4.78 is 14.8. The van der Waals surface area contributed by atoms with Crippen molar-refractivity contribution >= 4 is 11.9 Å². The van der Waals surface area contributed by atoms with Gasteiger partial charge in [0.25, 0.3) is 0 Å². The van der Waals surface area contributed by atoms with Crippen molar-refractivity contribution in [2.24, 2.45) is 10.8 Å². The maximum Gasteiger partial charge on any atom is 0.323 e. The van der Waals surface area contributed by atoms with E-state index in [9.17, 15) is 9.59 Å². The third kappa shape index (κ3) is 1.97. The largest absolute Gasteiger partial charge is 0.468 e. The molecule has 5 heteroatoms. The highest BCUT2D eigenvalue weighted by molar-refractivity contribution is 6.00. The summed E-state index contributed by atoms with van der Waals surface area (Å²) >= 11 is 0. The van der Waals surface area contributed by atoms with E-state index in [1.165, 1.54) is 21.3 Å². The molecule has 0 N–H and O–H groups in total. The van der Waals surface area contributed by atoms with Crippen LogP contribution in [0.1, 0.15) is 19.8 Å². The normalized spacial score (nSPS) is 29.4. The molecule has 5 nitrogen and oxygen atoms in total. The van der Waals surface area contributed by atoms with Crippen LogP contribution in [0, 0.1) is 23.2 Å². The lowest BCUT2D eigenvalue weighted by Crippen LogP contribution is -2.40. The van der Waals surface area contributed by atoms with Gasteiger partial charge in [0, 0.05) is 13.5 Å². The van der Waals surface area contributed by atoms with Crippen LogP contribution in [0.4, 0.5) is 0 Å². The highest BCUT2D eigenvalue weighted by atomic mass is 16.5. The van der Waals surface area contributed by atoms with Crippen molar-refractivity contribution in [2.45, 2.75) is 25.9 Å².